The lowest BCUT2D eigenvalue weighted by atomic mass is 10.1. The highest BCUT2D eigenvalue weighted by Gasteiger charge is 2.21. The van der Waals surface area contributed by atoms with Gasteiger partial charge in [0, 0.05) is 43.2 Å². The van der Waals surface area contributed by atoms with Gasteiger partial charge in [0.1, 0.15) is 17.3 Å². The van der Waals surface area contributed by atoms with Gasteiger partial charge >= 0.3 is 0 Å². The van der Waals surface area contributed by atoms with Crippen LogP contribution in [0.1, 0.15) is 11.1 Å². The molecule has 0 atom stereocenters. The molecule has 6 nitrogen and oxygen atoms in total. The summed E-state index contributed by atoms with van der Waals surface area (Å²) in [6.45, 7) is 5.26. The normalized spacial score (nSPS) is 14.9. The fourth-order valence-electron chi connectivity index (χ4n) is 4.09. The number of ether oxygens (including phenoxy) is 1. The van der Waals surface area contributed by atoms with Gasteiger partial charge in [-0.2, -0.15) is 0 Å². The van der Waals surface area contributed by atoms with Gasteiger partial charge < -0.3 is 9.64 Å². The third-order valence-electron chi connectivity index (χ3n) is 5.91. The van der Waals surface area contributed by atoms with E-state index in [0.717, 1.165) is 11.1 Å². The standard InChI is InChI=1S/C25H28FN3O3S2/c1-18-15-20(7-10-25(18)33-2)32-24-9-8-21(34(27,30)31)16-19(24)17-28-11-13-29(14-12-28)23-6-4-3-5-22(23)26/h3-10,15-16H,11-14,17H2,1-2H3,(H2,27,30,31). The van der Waals surface area contributed by atoms with Crippen LogP contribution in [0.3, 0.4) is 0 Å². The van der Waals surface area contributed by atoms with Crippen molar-refractivity contribution in [1.82, 2.24) is 4.90 Å². The number of rotatable bonds is 7. The van der Waals surface area contributed by atoms with Crippen LogP contribution in [-0.4, -0.2) is 45.8 Å². The second kappa shape index (κ2) is 10.4. The Balaban J connectivity index is 1.54. The zero-order valence-electron chi connectivity index (χ0n) is 19.2. The van der Waals surface area contributed by atoms with Gasteiger partial charge in [0.05, 0.1) is 10.6 Å². The van der Waals surface area contributed by atoms with Gasteiger partial charge in [-0.05, 0) is 67.3 Å². The van der Waals surface area contributed by atoms with E-state index < -0.39 is 10.0 Å². The number of anilines is 1. The highest BCUT2D eigenvalue weighted by atomic mass is 32.2. The Morgan fingerprint density at radius 2 is 1.76 bits per heavy atom. The average Bonchev–Trinajstić information content (AvgIpc) is 2.80. The van der Waals surface area contributed by atoms with Crippen LogP contribution < -0.4 is 14.8 Å². The topological polar surface area (TPSA) is 75.9 Å². The van der Waals surface area contributed by atoms with Crippen molar-refractivity contribution in [3.63, 3.8) is 0 Å². The van der Waals surface area contributed by atoms with Crippen LogP contribution in [-0.2, 0) is 16.6 Å². The van der Waals surface area contributed by atoms with Gasteiger partial charge in [0.25, 0.3) is 0 Å². The summed E-state index contributed by atoms with van der Waals surface area (Å²) in [6.07, 6.45) is 2.03. The Labute approximate surface area is 204 Å². The molecule has 0 aliphatic carbocycles. The van der Waals surface area contributed by atoms with Gasteiger partial charge in [0.2, 0.25) is 10.0 Å². The highest BCUT2D eigenvalue weighted by Crippen LogP contribution is 2.32. The molecule has 0 radical (unpaired) electrons. The predicted molar refractivity (Wildman–Crippen MR) is 135 cm³/mol. The lowest BCUT2D eigenvalue weighted by Gasteiger charge is -2.36. The molecule has 180 valence electrons. The van der Waals surface area contributed by atoms with Crippen LogP contribution in [0.25, 0.3) is 0 Å². The molecule has 0 aromatic heterocycles. The van der Waals surface area contributed by atoms with E-state index in [1.807, 2.05) is 42.3 Å². The lowest BCUT2D eigenvalue weighted by molar-refractivity contribution is 0.246. The first-order valence-corrected chi connectivity index (χ1v) is 13.7. The molecule has 1 aliphatic rings. The maximum absolute atomic E-state index is 14.2. The first-order valence-electron chi connectivity index (χ1n) is 10.9. The molecule has 3 aromatic carbocycles. The summed E-state index contributed by atoms with van der Waals surface area (Å²) in [5.41, 5.74) is 2.45. The van der Waals surface area contributed by atoms with Gasteiger partial charge in [-0.3, -0.25) is 4.90 Å². The lowest BCUT2D eigenvalue weighted by Crippen LogP contribution is -2.46. The Bertz CT molecular complexity index is 1280. The number of hydrogen-bond acceptors (Lipinski definition) is 6. The van der Waals surface area contributed by atoms with Crippen molar-refractivity contribution in [2.24, 2.45) is 5.14 Å². The smallest absolute Gasteiger partial charge is 0.238 e. The summed E-state index contributed by atoms with van der Waals surface area (Å²) in [4.78, 5) is 5.45. The van der Waals surface area contributed by atoms with Gasteiger partial charge in [-0.25, -0.2) is 17.9 Å². The predicted octanol–water partition coefficient (Wildman–Crippen LogP) is 4.62. The van der Waals surface area contributed by atoms with E-state index in [4.69, 9.17) is 9.88 Å². The number of nitrogens with two attached hydrogens (primary N) is 1. The quantitative estimate of drug-likeness (QED) is 0.476. The van der Waals surface area contributed by atoms with Crippen molar-refractivity contribution in [2.75, 3.05) is 37.3 Å². The summed E-state index contributed by atoms with van der Waals surface area (Å²) >= 11 is 1.67. The minimum Gasteiger partial charge on any atom is -0.457 e. The molecule has 0 unspecified atom stereocenters. The molecule has 9 heteroatoms. The average molecular weight is 502 g/mol. The Morgan fingerprint density at radius 3 is 2.41 bits per heavy atom. The number of piperazine rings is 1. The molecule has 0 spiro atoms. The largest absolute Gasteiger partial charge is 0.457 e. The zero-order chi connectivity index (χ0) is 24.3. The van der Waals surface area contributed by atoms with Crippen molar-refractivity contribution in [2.45, 2.75) is 23.3 Å². The Hall–Kier alpha value is -2.59. The molecule has 1 heterocycles. The molecule has 1 aliphatic heterocycles. The molecule has 1 saturated heterocycles. The van der Waals surface area contributed by atoms with Crippen molar-refractivity contribution >= 4 is 27.5 Å². The Morgan fingerprint density at radius 1 is 1.03 bits per heavy atom. The van der Waals surface area contributed by atoms with Crippen molar-refractivity contribution in [3.05, 3.63) is 77.6 Å². The SMILES string of the molecule is CSc1ccc(Oc2ccc(S(N)(=O)=O)cc2CN2CCN(c3ccccc3F)CC2)cc1C. The van der Waals surface area contributed by atoms with E-state index >= 15 is 0 Å². The van der Waals surface area contributed by atoms with Crippen molar-refractivity contribution in [3.8, 4) is 11.5 Å². The van der Waals surface area contributed by atoms with Gasteiger partial charge in [-0.1, -0.05) is 12.1 Å². The summed E-state index contributed by atoms with van der Waals surface area (Å²) in [7, 11) is -3.85. The zero-order valence-corrected chi connectivity index (χ0v) is 20.8. The Kier molecular flexibility index (Phi) is 7.47. The number of sulfonamides is 1. The monoisotopic (exact) mass is 501 g/mol. The van der Waals surface area contributed by atoms with Crippen molar-refractivity contribution < 1.29 is 17.5 Å². The fourth-order valence-corrected chi connectivity index (χ4v) is 5.24. The van der Waals surface area contributed by atoms with E-state index in [1.54, 1.807) is 36.0 Å². The number of para-hydroxylation sites is 1. The first kappa shape index (κ1) is 24.5. The van der Waals surface area contributed by atoms with Crippen LogP contribution >= 0.6 is 11.8 Å². The minimum atomic E-state index is -3.85. The van der Waals surface area contributed by atoms with E-state index in [0.29, 0.717) is 49.9 Å². The fraction of sp³-hybridized carbons (Fsp3) is 0.280. The number of primary sulfonamides is 1. The van der Waals surface area contributed by atoms with Crippen LogP contribution in [0, 0.1) is 12.7 Å². The van der Waals surface area contributed by atoms with E-state index in [1.165, 1.54) is 17.0 Å². The number of benzene rings is 3. The third-order valence-corrected chi connectivity index (χ3v) is 7.72. The molecule has 0 bridgehead atoms. The number of thioether (sulfide) groups is 1. The highest BCUT2D eigenvalue weighted by molar-refractivity contribution is 7.98. The number of nitrogens with zero attached hydrogens (tertiary/aromatic N) is 2. The number of aryl methyl sites for hydroxylation is 1. The second-order valence-corrected chi connectivity index (χ2v) is 10.7. The van der Waals surface area contributed by atoms with E-state index in [2.05, 4.69) is 4.90 Å². The first-order chi connectivity index (χ1) is 16.2. The summed E-state index contributed by atoms with van der Waals surface area (Å²) in [5, 5.41) is 5.38. The molecule has 1 fully saturated rings. The molecule has 0 saturated carbocycles. The molecular formula is C25H28FN3O3S2. The molecule has 34 heavy (non-hydrogen) atoms. The summed E-state index contributed by atoms with van der Waals surface area (Å²) < 4.78 is 44.3. The maximum atomic E-state index is 14.2. The maximum Gasteiger partial charge on any atom is 0.238 e. The van der Waals surface area contributed by atoms with E-state index in [-0.39, 0.29) is 10.7 Å². The summed E-state index contributed by atoms with van der Waals surface area (Å²) in [6, 6.07) is 17.4. The molecule has 4 rings (SSSR count). The van der Waals surface area contributed by atoms with Crippen LogP contribution in [0.2, 0.25) is 0 Å². The van der Waals surface area contributed by atoms with Crippen molar-refractivity contribution in [1.29, 1.82) is 0 Å². The minimum absolute atomic E-state index is 0.0498. The number of hydrogen-bond donors (Lipinski definition) is 1. The molecule has 2 N–H and O–H groups in total. The molecule has 3 aromatic rings. The molecule has 0 amide bonds. The van der Waals surface area contributed by atoms with Gasteiger partial charge in [0.15, 0.2) is 0 Å². The number of halogens is 1. The van der Waals surface area contributed by atoms with Crippen LogP contribution in [0.5, 0.6) is 11.5 Å². The van der Waals surface area contributed by atoms with Gasteiger partial charge in [-0.15, -0.1) is 11.8 Å². The third kappa shape index (κ3) is 5.72. The summed E-state index contributed by atoms with van der Waals surface area (Å²) in [5.74, 6) is 1.04. The van der Waals surface area contributed by atoms with Crippen LogP contribution in [0.4, 0.5) is 10.1 Å². The second-order valence-electron chi connectivity index (χ2n) is 8.26. The molecular weight excluding hydrogens is 473 g/mol. The van der Waals surface area contributed by atoms with E-state index in [9.17, 15) is 12.8 Å². The van der Waals surface area contributed by atoms with Crippen LogP contribution in [0.15, 0.2) is 70.5 Å².